The van der Waals surface area contributed by atoms with Gasteiger partial charge in [0.2, 0.25) is 0 Å². The summed E-state index contributed by atoms with van der Waals surface area (Å²) in [6.45, 7) is 0.0862. The van der Waals surface area contributed by atoms with Crippen LogP contribution in [-0.2, 0) is 16.1 Å². The molecular weight excluding hydrogens is 368 g/mol. The molecule has 0 heterocycles. The van der Waals surface area contributed by atoms with E-state index in [2.05, 4.69) is 10.6 Å². The number of aliphatic carboxylic acids is 1. The molecule has 0 aliphatic rings. The first kappa shape index (κ1) is 19.9. The third-order valence-corrected chi connectivity index (χ3v) is 4.31. The van der Waals surface area contributed by atoms with E-state index in [1.807, 2.05) is 84.9 Å². The lowest BCUT2D eigenvalue weighted by Crippen LogP contribution is -2.45. The number of hydrogen-bond acceptors (Lipinski definition) is 4. The third-order valence-electron chi connectivity index (χ3n) is 4.31. The summed E-state index contributed by atoms with van der Waals surface area (Å²) in [4.78, 5) is 23.6. The minimum absolute atomic E-state index is 0.0135. The molecule has 3 rings (SSSR count). The van der Waals surface area contributed by atoms with Crippen molar-refractivity contribution >= 4 is 17.7 Å². The number of hydrogen-bond donors (Lipinski definition) is 3. The Morgan fingerprint density at radius 3 is 2.17 bits per heavy atom. The normalized spacial score (nSPS) is 11.3. The number of carboxylic acids is 1. The van der Waals surface area contributed by atoms with E-state index >= 15 is 0 Å². The van der Waals surface area contributed by atoms with Crippen LogP contribution in [0.1, 0.15) is 5.56 Å². The second-order valence-electron chi connectivity index (χ2n) is 6.39. The second kappa shape index (κ2) is 9.94. The Morgan fingerprint density at radius 1 is 0.862 bits per heavy atom. The average molecular weight is 390 g/mol. The van der Waals surface area contributed by atoms with Crippen molar-refractivity contribution in [1.82, 2.24) is 5.32 Å². The van der Waals surface area contributed by atoms with Gasteiger partial charge in [-0.25, -0.2) is 9.59 Å². The number of amides is 1. The van der Waals surface area contributed by atoms with Crippen molar-refractivity contribution in [3.63, 3.8) is 0 Å². The highest BCUT2D eigenvalue weighted by molar-refractivity contribution is 5.82. The lowest BCUT2D eigenvalue weighted by molar-refractivity contribution is -0.139. The molecule has 3 aromatic rings. The zero-order chi connectivity index (χ0) is 20.5. The summed E-state index contributed by atoms with van der Waals surface area (Å²) < 4.78 is 5.11. The number of para-hydroxylation sites is 1. The molecule has 3 aromatic carbocycles. The van der Waals surface area contributed by atoms with Crippen LogP contribution in [0.4, 0.5) is 10.5 Å². The van der Waals surface area contributed by atoms with E-state index in [0.29, 0.717) is 0 Å². The maximum absolute atomic E-state index is 12.0. The second-order valence-corrected chi connectivity index (χ2v) is 6.39. The van der Waals surface area contributed by atoms with E-state index in [9.17, 15) is 14.7 Å². The maximum atomic E-state index is 12.0. The molecule has 0 aliphatic heterocycles. The Bertz CT molecular complexity index is 945. The van der Waals surface area contributed by atoms with Gasteiger partial charge in [0.25, 0.3) is 0 Å². The van der Waals surface area contributed by atoms with Crippen LogP contribution >= 0.6 is 0 Å². The van der Waals surface area contributed by atoms with E-state index in [0.717, 1.165) is 22.4 Å². The van der Waals surface area contributed by atoms with Gasteiger partial charge in [0, 0.05) is 17.8 Å². The summed E-state index contributed by atoms with van der Waals surface area (Å²) in [5.41, 5.74) is 3.57. The first-order valence-corrected chi connectivity index (χ1v) is 9.22. The molecule has 6 nitrogen and oxygen atoms in total. The van der Waals surface area contributed by atoms with Crippen LogP contribution in [0.3, 0.4) is 0 Å². The number of carbonyl (C=O) groups excluding carboxylic acids is 1. The van der Waals surface area contributed by atoms with Crippen molar-refractivity contribution in [2.45, 2.75) is 12.6 Å². The largest absolute Gasteiger partial charge is 0.480 e. The van der Waals surface area contributed by atoms with Crippen LogP contribution in [0, 0.1) is 0 Å². The Hall–Kier alpha value is -3.80. The van der Waals surface area contributed by atoms with Gasteiger partial charge in [-0.05, 0) is 17.2 Å². The topological polar surface area (TPSA) is 87.7 Å². The van der Waals surface area contributed by atoms with Gasteiger partial charge in [-0.2, -0.15) is 0 Å². The zero-order valence-corrected chi connectivity index (χ0v) is 15.7. The molecule has 0 unspecified atom stereocenters. The first-order chi connectivity index (χ1) is 14.1. The SMILES string of the molecule is O=C(N[C@@H](CNc1ccccc1-c1ccccc1)C(=O)O)OCc1ccccc1. The summed E-state index contributed by atoms with van der Waals surface area (Å²) in [6, 6.07) is 25.4. The molecule has 0 aromatic heterocycles. The fourth-order valence-electron chi connectivity index (χ4n) is 2.83. The monoisotopic (exact) mass is 390 g/mol. The number of benzene rings is 3. The molecular formula is C23H22N2O4. The van der Waals surface area contributed by atoms with Crippen LogP contribution in [0.2, 0.25) is 0 Å². The predicted octanol–water partition coefficient (Wildman–Crippen LogP) is 4.15. The highest BCUT2D eigenvalue weighted by atomic mass is 16.5. The Labute approximate surface area is 169 Å². The minimum Gasteiger partial charge on any atom is -0.480 e. The molecule has 0 saturated heterocycles. The Balaban J connectivity index is 1.60. The number of ether oxygens (including phenoxy) is 1. The Morgan fingerprint density at radius 2 is 1.48 bits per heavy atom. The smallest absolute Gasteiger partial charge is 0.408 e. The fourth-order valence-corrected chi connectivity index (χ4v) is 2.83. The number of carboxylic acid groups (broad SMARTS) is 1. The summed E-state index contributed by atoms with van der Waals surface area (Å²) >= 11 is 0. The number of rotatable bonds is 8. The molecule has 0 bridgehead atoms. The van der Waals surface area contributed by atoms with Gasteiger partial charge in [0.15, 0.2) is 0 Å². The quantitative estimate of drug-likeness (QED) is 0.538. The molecule has 0 spiro atoms. The molecule has 3 N–H and O–H groups in total. The molecule has 0 aliphatic carbocycles. The number of nitrogens with one attached hydrogen (secondary N) is 2. The molecule has 1 amide bonds. The maximum Gasteiger partial charge on any atom is 0.408 e. The van der Waals surface area contributed by atoms with Crippen LogP contribution in [-0.4, -0.2) is 29.8 Å². The van der Waals surface area contributed by atoms with Gasteiger partial charge in [0.1, 0.15) is 12.6 Å². The van der Waals surface area contributed by atoms with Crippen LogP contribution in [0.15, 0.2) is 84.9 Å². The molecule has 148 valence electrons. The van der Waals surface area contributed by atoms with E-state index < -0.39 is 18.1 Å². The van der Waals surface area contributed by atoms with Crippen LogP contribution in [0.5, 0.6) is 0 Å². The van der Waals surface area contributed by atoms with Gasteiger partial charge in [-0.3, -0.25) is 0 Å². The molecule has 1 atom stereocenters. The van der Waals surface area contributed by atoms with E-state index in [-0.39, 0.29) is 13.2 Å². The molecule has 0 radical (unpaired) electrons. The molecule has 6 heteroatoms. The third kappa shape index (κ3) is 5.84. The zero-order valence-electron chi connectivity index (χ0n) is 15.7. The van der Waals surface area contributed by atoms with E-state index in [1.54, 1.807) is 0 Å². The average Bonchev–Trinajstić information content (AvgIpc) is 2.76. The lowest BCUT2D eigenvalue weighted by atomic mass is 10.0. The highest BCUT2D eigenvalue weighted by Crippen LogP contribution is 2.27. The van der Waals surface area contributed by atoms with Gasteiger partial charge in [-0.15, -0.1) is 0 Å². The summed E-state index contributed by atoms with van der Waals surface area (Å²) in [5.74, 6) is -1.15. The molecule has 0 saturated carbocycles. The Kier molecular flexibility index (Phi) is 6.84. The number of alkyl carbamates (subject to hydrolysis) is 1. The fraction of sp³-hybridized carbons (Fsp3) is 0.130. The minimum atomic E-state index is -1.15. The summed E-state index contributed by atoms with van der Waals surface area (Å²) in [7, 11) is 0. The molecule has 0 fully saturated rings. The summed E-state index contributed by atoms with van der Waals surface area (Å²) in [5, 5.41) is 15.0. The van der Waals surface area contributed by atoms with Crippen molar-refractivity contribution in [1.29, 1.82) is 0 Å². The van der Waals surface area contributed by atoms with Crippen molar-refractivity contribution in [2.75, 3.05) is 11.9 Å². The first-order valence-electron chi connectivity index (χ1n) is 9.22. The highest BCUT2D eigenvalue weighted by Gasteiger charge is 2.21. The van der Waals surface area contributed by atoms with Crippen molar-refractivity contribution in [3.05, 3.63) is 90.5 Å². The van der Waals surface area contributed by atoms with E-state index in [4.69, 9.17) is 4.74 Å². The van der Waals surface area contributed by atoms with Crippen molar-refractivity contribution in [3.8, 4) is 11.1 Å². The summed E-state index contributed by atoms with van der Waals surface area (Å²) in [6.07, 6.45) is -0.778. The van der Waals surface area contributed by atoms with Crippen LogP contribution in [0.25, 0.3) is 11.1 Å². The van der Waals surface area contributed by atoms with E-state index in [1.165, 1.54) is 0 Å². The van der Waals surface area contributed by atoms with Crippen LogP contribution < -0.4 is 10.6 Å². The van der Waals surface area contributed by atoms with Gasteiger partial charge < -0.3 is 20.5 Å². The van der Waals surface area contributed by atoms with Crippen molar-refractivity contribution in [2.24, 2.45) is 0 Å². The lowest BCUT2D eigenvalue weighted by Gasteiger charge is -2.18. The number of anilines is 1. The van der Waals surface area contributed by atoms with Crippen molar-refractivity contribution < 1.29 is 19.4 Å². The van der Waals surface area contributed by atoms with Gasteiger partial charge >= 0.3 is 12.1 Å². The predicted molar refractivity (Wildman–Crippen MR) is 112 cm³/mol. The molecule has 29 heavy (non-hydrogen) atoms. The van der Waals surface area contributed by atoms with Gasteiger partial charge in [-0.1, -0.05) is 78.9 Å². The standard InChI is InChI=1S/C23H22N2O4/c26-22(27)21(25-23(28)29-16-17-9-3-1-4-10-17)15-24-20-14-8-7-13-19(20)18-11-5-2-6-12-18/h1-14,21,24H,15-16H2,(H,25,28)(H,26,27)/t21-/m0/s1. The number of carbonyl (C=O) groups is 2. The van der Waals surface area contributed by atoms with Gasteiger partial charge in [0.05, 0.1) is 0 Å².